The van der Waals surface area contributed by atoms with E-state index >= 15 is 0 Å². The Kier molecular flexibility index (Phi) is 5.20. The van der Waals surface area contributed by atoms with Crippen LogP contribution in [0.2, 0.25) is 0 Å². The summed E-state index contributed by atoms with van der Waals surface area (Å²) >= 11 is 0. The largest absolute Gasteiger partial charge is 0.394 e. The third kappa shape index (κ3) is 3.44. The normalized spacial score (nSPS) is 15.9. The molecule has 90 valence electrons. The second-order valence-electron chi connectivity index (χ2n) is 4.45. The second kappa shape index (κ2) is 5.44. The minimum atomic E-state index is -0.983. The van der Waals surface area contributed by atoms with Crippen LogP contribution in [-0.2, 0) is 4.79 Å². The SMILES string of the molecule is CCC(C)(CN)C(=O)NC(C)(CO)CO. The third-order valence-electron chi connectivity index (χ3n) is 2.89. The van der Waals surface area contributed by atoms with Gasteiger partial charge in [0.1, 0.15) is 0 Å². The van der Waals surface area contributed by atoms with Crippen LogP contribution in [-0.4, -0.2) is 41.4 Å². The Morgan fingerprint density at radius 2 is 1.80 bits per heavy atom. The highest BCUT2D eigenvalue weighted by atomic mass is 16.3. The van der Waals surface area contributed by atoms with Crippen LogP contribution in [0.25, 0.3) is 0 Å². The predicted molar refractivity (Wildman–Crippen MR) is 58.2 cm³/mol. The van der Waals surface area contributed by atoms with Crippen molar-refractivity contribution in [3.8, 4) is 0 Å². The van der Waals surface area contributed by atoms with Gasteiger partial charge in [0.05, 0.1) is 24.2 Å². The molecular weight excluding hydrogens is 196 g/mol. The number of aliphatic hydroxyl groups excluding tert-OH is 2. The Hall–Kier alpha value is -0.650. The van der Waals surface area contributed by atoms with E-state index in [-0.39, 0.29) is 25.7 Å². The zero-order valence-corrected chi connectivity index (χ0v) is 9.71. The van der Waals surface area contributed by atoms with Crippen LogP contribution >= 0.6 is 0 Å². The molecule has 0 saturated carbocycles. The zero-order valence-electron chi connectivity index (χ0n) is 9.71. The summed E-state index contributed by atoms with van der Waals surface area (Å²) in [6.07, 6.45) is 0.613. The first-order valence-corrected chi connectivity index (χ1v) is 5.12. The van der Waals surface area contributed by atoms with Crippen molar-refractivity contribution in [3.05, 3.63) is 0 Å². The molecule has 0 aliphatic rings. The summed E-state index contributed by atoms with van der Waals surface area (Å²) in [6, 6.07) is 0. The van der Waals surface area contributed by atoms with E-state index in [1.807, 2.05) is 6.92 Å². The maximum atomic E-state index is 11.8. The summed E-state index contributed by atoms with van der Waals surface area (Å²) in [6.45, 7) is 4.85. The molecule has 1 unspecified atom stereocenters. The van der Waals surface area contributed by atoms with Gasteiger partial charge in [0.15, 0.2) is 0 Å². The fourth-order valence-corrected chi connectivity index (χ4v) is 0.952. The molecule has 0 bridgehead atoms. The van der Waals surface area contributed by atoms with Crippen LogP contribution < -0.4 is 11.1 Å². The van der Waals surface area contributed by atoms with Gasteiger partial charge in [-0.05, 0) is 20.3 Å². The molecule has 0 aliphatic heterocycles. The summed E-state index contributed by atoms with van der Waals surface area (Å²) in [5.74, 6) is -0.238. The van der Waals surface area contributed by atoms with Crippen LogP contribution in [0.3, 0.4) is 0 Å². The first-order valence-electron chi connectivity index (χ1n) is 5.12. The highest BCUT2D eigenvalue weighted by molar-refractivity contribution is 5.83. The molecule has 0 heterocycles. The maximum Gasteiger partial charge on any atom is 0.227 e. The summed E-state index contributed by atoms with van der Waals surface area (Å²) in [5, 5.41) is 20.7. The van der Waals surface area contributed by atoms with Crippen molar-refractivity contribution in [3.63, 3.8) is 0 Å². The van der Waals surface area contributed by atoms with Gasteiger partial charge in [-0.15, -0.1) is 0 Å². The molecule has 0 aromatic rings. The summed E-state index contributed by atoms with van der Waals surface area (Å²) < 4.78 is 0. The fourth-order valence-electron chi connectivity index (χ4n) is 0.952. The molecule has 5 nitrogen and oxygen atoms in total. The van der Waals surface area contributed by atoms with E-state index in [1.54, 1.807) is 13.8 Å². The van der Waals surface area contributed by atoms with Gasteiger partial charge >= 0.3 is 0 Å². The van der Waals surface area contributed by atoms with Crippen LogP contribution in [0.4, 0.5) is 0 Å². The van der Waals surface area contributed by atoms with Crippen molar-refractivity contribution in [2.45, 2.75) is 32.7 Å². The highest BCUT2D eigenvalue weighted by Crippen LogP contribution is 2.20. The molecule has 0 radical (unpaired) electrons. The van der Waals surface area contributed by atoms with Gasteiger partial charge in [-0.3, -0.25) is 4.79 Å². The van der Waals surface area contributed by atoms with E-state index in [1.165, 1.54) is 0 Å². The number of rotatable bonds is 6. The molecule has 5 N–H and O–H groups in total. The number of amides is 1. The Balaban J connectivity index is 4.60. The standard InChI is InChI=1S/C10H22N2O3/c1-4-9(2,5-11)8(15)12-10(3,6-13)7-14/h13-14H,4-7,11H2,1-3H3,(H,12,15). The Morgan fingerprint density at radius 3 is 2.07 bits per heavy atom. The van der Waals surface area contributed by atoms with Gasteiger partial charge in [-0.25, -0.2) is 0 Å². The summed E-state index contributed by atoms with van der Waals surface area (Å²) in [7, 11) is 0. The first kappa shape index (κ1) is 14.3. The van der Waals surface area contributed by atoms with Crippen molar-refractivity contribution < 1.29 is 15.0 Å². The number of carbonyl (C=O) groups is 1. The van der Waals surface area contributed by atoms with Gasteiger partial charge in [0.2, 0.25) is 5.91 Å². The quantitative estimate of drug-likeness (QED) is 0.470. The number of nitrogens with two attached hydrogens (primary N) is 1. The number of hydrogen-bond donors (Lipinski definition) is 4. The summed E-state index contributed by atoms with van der Waals surface area (Å²) in [4.78, 5) is 11.8. The van der Waals surface area contributed by atoms with E-state index in [0.717, 1.165) is 0 Å². The van der Waals surface area contributed by atoms with Gasteiger partial charge in [-0.1, -0.05) is 6.92 Å². The maximum absolute atomic E-state index is 11.8. The monoisotopic (exact) mass is 218 g/mol. The minimum Gasteiger partial charge on any atom is -0.394 e. The molecule has 0 aromatic carbocycles. The number of hydrogen-bond acceptors (Lipinski definition) is 4. The fraction of sp³-hybridized carbons (Fsp3) is 0.900. The van der Waals surface area contributed by atoms with E-state index < -0.39 is 11.0 Å². The average Bonchev–Trinajstić information content (AvgIpc) is 2.27. The highest BCUT2D eigenvalue weighted by Gasteiger charge is 2.34. The van der Waals surface area contributed by atoms with Crippen LogP contribution in [0.15, 0.2) is 0 Å². The van der Waals surface area contributed by atoms with Gasteiger partial charge in [-0.2, -0.15) is 0 Å². The van der Waals surface area contributed by atoms with Crippen molar-refractivity contribution in [1.29, 1.82) is 0 Å². The lowest BCUT2D eigenvalue weighted by Crippen LogP contribution is -2.57. The van der Waals surface area contributed by atoms with E-state index in [4.69, 9.17) is 15.9 Å². The molecule has 0 rings (SSSR count). The van der Waals surface area contributed by atoms with Gasteiger partial charge in [0, 0.05) is 6.54 Å². The third-order valence-corrected chi connectivity index (χ3v) is 2.89. The molecule has 0 fully saturated rings. The zero-order chi connectivity index (χ0) is 12.1. The Labute approximate surface area is 90.7 Å². The molecule has 0 spiro atoms. The van der Waals surface area contributed by atoms with Crippen molar-refractivity contribution >= 4 is 5.91 Å². The number of aliphatic hydroxyl groups is 2. The number of nitrogens with one attached hydrogen (secondary N) is 1. The average molecular weight is 218 g/mol. The van der Waals surface area contributed by atoms with Crippen molar-refractivity contribution in [2.24, 2.45) is 11.1 Å². The Bertz CT molecular complexity index is 211. The lowest BCUT2D eigenvalue weighted by Gasteiger charge is -2.32. The van der Waals surface area contributed by atoms with Gasteiger partial charge < -0.3 is 21.3 Å². The Morgan fingerprint density at radius 1 is 1.33 bits per heavy atom. The molecular formula is C10H22N2O3. The van der Waals surface area contributed by atoms with E-state index in [9.17, 15) is 4.79 Å². The molecule has 0 aliphatic carbocycles. The minimum absolute atomic E-state index is 0.238. The van der Waals surface area contributed by atoms with E-state index in [2.05, 4.69) is 5.32 Å². The molecule has 1 atom stereocenters. The smallest absolute Gasteiger partial charge is 0.227 e. The van der Waals surface area contributed by atoms with Crippen LogP contribution in [0.5, 0.6) is 0 Å². The van der Waals surface area contributed by atoms with Crippen LogP contribution in [0, 0.1) is 5.41 Å². The lowest BCUT2D eigenvalue weighted by atomic mass is 9.85. The molecule has 5 heteroatoms. The first-order chi connectivity index (χ1) is 6.87. The second-order valence-corrected chi connectivity index (χ2v) is 4.45. The van der Waals surface area contributed by atoms with Crippen molar-refractivity contribution in [2.75, 3.05) is 19.8 Å². The van der Waals surface area contributed by atoms with Gasteiger partial charge in [0.25, 0.3) is 0 Å². The predicted octanol–water partition coefficient (Wildman–Crippen LogP) is -0.779. The number of carbonyl (C=O) groups excluding carboxylic acids is 1. The summed E-state index contributed by atoms with van der Waals surface area (Å²) in [5.41, 5.74) is 3.90. The molecule has 0 aromatic heterocycles. The lowest BCUT2D eigenvalue weighted by molar-refractivity contribution is -0.133. The van der Waals surface area contributed by atoms with Crippen molar-refractivity contribution in [1.82, 2.24) is 5.32 Å². The van der Waals surface area contributed by atoms with Crippen LogP contribution in [0.1, 0.15) is 27.2 Å². The molecule has 0 saturated heterocycles. The molecule has 15 heavy (non-hydrogen) atoms. The topological polar surface area (TPSA) is 95.6 Å². The molecule has 1 amide bonds. The van der Waals surface area contributed by atoms with E-state index in [0.29, 0.717) is 6.42 Å².